The van der Waals surface area contributed by atoms with Crippen LogP contribution in [0.2, 0.25) is 0 Å². The summed E-state index contributed by atoms with van der Waals surface area (Å²) >= 11 is 0. The first-order chi connectivity index (χ1) is 11.1. The van der Waals surface area contributed by atoms with E-state index in [1.807, 2.05) is 45.3 Å². The van der Waals surface area contributed by atoms with Gasteiger partial charge in [0.15, 0.2) is 5.89 Å². The molecule has 0 unspecified atom stereocenters. The molecule has 1 atom stereocenters. The normalized spacial score (nSPS) is 12.0. The van der Waals surface area contributed by atoms with Crippen LogP contribution in [0.5, 0.6) is 5.75 Å². The molecule has 23 heavy (non-hydrogen) atoms. The SMILES string of the molecule is CCc1nc(C#N)c(NC[C@@H](c2ccccc2OC)N(C)C)o1. The van der Waals surface area contributed by atoms with Crippen molar-refractivity contribution in [2.45, 2.75) is 19.4 Å². The molecule has 0 aliphatic rings. The molecule has 0 fully saturated rings. The van der Waals surface area contributed by atoms with Gasteiger partial charge in [-0.25, -0.2) is 4.98 Å². The zero-order valence-corrected chi connectivity index (χ0v) is 14.0. The number of aryl methyl sites for hydroxylation is 1. The molecule has 1 heterocycles. The third-order valence-corrected chi connectivity index (χ3v) is 3.66. The molecule has 122 valence electrons. The van der Waals surface area contributed by atoms with Crippen molar-refractivity contribution in [2.24, 2.45) is 0 Å². The fourth-order valence-electron chi connectivity index (χ4n) is 2.41. The first kappa shape index (κ1) is 16.8. The fraction of sp³-hybridized carbons (Fsp3) is 0.412. The molecule has 0 amide bonds. The molecule has 1 aromatic heterocycles. The van der Waals surface area contributed by atoms with Gasteiger partial charge in [0.1, 0.15) is 11.8 Å². The highest BCUT2D eigenvalue weighted by molar-refractivity contribution is 5.46. The Hall–Kier alpha value is -2.52. The van der Waals surface area contributed by atoms with Crippen molar-refractivity contribution in [3.8, 4) is 11.8 Å². The number of anilines is 1. The zero-order chi connectivity index (χ0) is 16.8. The average Bonchev–Trinajstić information content (AvgIpc) is 2.97. The number of methoxy groups -OCH3 is 1. The third kappa shape index (κ3) is 3.82. The number of nitriles is 1. The maximum Gasteiger partial charge on any atom is 0.232 e. The van der Waals surface area contributed by atoms with E-state index in [0.717, 1.165) is 11.3 Å². The Balaban J connectivity index is 2.21. The van der Waals surface area contributed by atoms with Gasteiger partial charge in [0.05, 0.1) is 13.2 Å². The summed E-state index contributed by atoms with van der Waals surface area (Å²) in [7, 11) is 5.67. The minimum absolute atomic E-state index is 0.0628. The van der Waals surface area contributed by atoms with E-state index in [2.05, 4.69) is 21.3 Å². The highest BCUT2D eigenvalue weighted by atomic mass is 16.5. The summed E-state index contributed by atoms with van der Waals surface area (Å²) in [5.74, 6) is 1.81. The van der Waals surface area contributed by atoms with Gasteiger partial charge in [-0.05, 0) is 20.2 Å². The molecule has 0 aliphatic heterocycles. The lowest BCUT2D eigenvalue weighted by Crippen LogP contribution is -2.27. The Morgan fingerprint density at radius 1 is 1.39 bits per heavy atom. The van der Waals surface area contributed by atoms with E-state index in [1.165, 1.54) is 0 Å². The molecule has 0 spiro atoms. The van der Waals surface area contributed by atoms with Gasteiger partial charge < -0.3 is 19.4 Å². The van der Waals surface area contributed by atoms with Gasteiger partial charge in [-0.3, -0.25) is 0 Å². The summed E-state index contributed by atoms with van der Waals surface area (Å²) in [6.45, 7) is 2.51. The number of benzene rings is 1. The predicted octanol–water partition coefficient (Wildman–Crippen LogP) is 2.83. The van der Waals surface area contributed by atoms with E-state index in [4.69, 9.17) is 14.4 Å². The van der Waals surface area contributed by atoms with Crippen molar-refractivity contribution < 1.29 is 9.15 Å². The molecule has 0 radical (unpaired) electrons. The lowest BCUT2D eigenvalue weighted by atomic mass is 10.0. The quantitative estimate of drug-likeness (QED) is 0.847. The summed E-state index contributed by atoms with van der Waals surface area (Å²) in [5, 5.41) is 12.4. The number of rotatable bonds is 7. The Bertz CT molecular complexity index is 688. The summed E-state index contributed by atoms with van der Waals surface area (Å²) in [5.41, 5.74) is 1.36. The molecule has 2 aromatic rings. The summed E-state index contributed by atoms with van der Waals surface area (Å²) in [6.07, 6.45) is 0.653. The van der Waals surface area contributed by atoms with Gasteiger partial charge in [0.2, 0.25) is 11.6 Å². The lowest BCUT2D eigenvalue weighted by Gasteiger charge is -2.26. The van der Waals surface area contributed by atoms with Crippen LogP contribution in [0, 0.1) is 11.3 Å². The molecule has 0 aliphatic carbocycles. The molecular formula is C17H22N4O2. The number of oxazole rings is 1. The van der Waals surface area contributed by atoms with Crippen molar-refractivity contribution in [2.75, 3.05) is 33.1 Å². The van der Waals surface area contributed by atoms with Crippen LogP contribution in [0.25, 0.3) is 0 Å². The van der Waals surface area contributed by atoms with Gasteiger partial charge in [-0.1, -0.05) is 25.1 Å². The van der Waals surface area contributed by atoms with Crippen LogP contribution >= 0.6 is 0 Å². The van der Waals surface area contributed by atoms with Crippen molar-refractivity contribution in [3.05, 3.63) is 41.4 Å². The average molecular weight is 314 g/mol. The number of nitrogens with one attached hydrogen (secondary N) is 1. The lowest BCUT2D eigenvalue weighted by molar-refractivity contribution is 0.298. The minimum Gasteiger partial charge on any atom is -0.496 e. The minimum atomic E-state index is 0.0628. The first-order valence-corrected chi connectivity index (χ1v) is 7.53. The molecular weight excluding hydrogens is 292 g/mol. The molecule has 0 bridgehead atoms. The Labute approximate surface area is 136 Å². The van der Waals surface area contributed by atoms with Crippen molar-refractivity contribution in [1.29, 1.82) is 5.26 Å². The molecule has 0 saturated heterocycles. The molecule has 2 rings (SSSR count). The number of hydrogen-bond donors (Lipinski definition) is 1. The summed E-state index contributed by atoms with van der Waals surface area (Å²) in [4.78, 5) is 6.24. The van der Waals surface area contributed by atoms with Crippen molar-refractivity contribution in [1.82, 2.24) is 9.88 Å². The molecule has 6 heteroatoms. The third-order valence-electron chi connectivity index (χ3n) is 3.66. The van der Waals surface area contributed by atoms with Crippen LogP contribution in [-0.2, 0) is 6.42 Å². The Kier molecular flexibility index (Phi) is 5.61. The number of likely N-dealkylation sites (N-methyl/N-ethyl adjacent to an activating group) is 1. The van der Waals surface area contributed by atoms with Gasteiger partial charge in [-0.15, -0.1) is 0 Å². The Morgan fingerprint density at radius 3 is 2.74 bits per heavy atom. The summed E-state index contributed by atoms with van der Waals surface area (Å²) < 4.78 is 11.0. The number of hydrogen-bond acceptors (Lipinski definition) is 6. The fourth-order valence-corrected chi connectivity index (χ4v) is 2.41. The van der Waals surface area contributed by atoms with E-state index in [9.17, 15) is 0 Å². The smallest absolute Gasteiger partial charge is 0.232 e. The number of nitrogens with zero attached hydrogens (tertiary/aromatic N) is 3. The molecule has 6 nitrogen and oxygen atoms in total. The largest absolute Gasteiger partial charge is 0.496 e. The highest BCUT2D eigenvalue weighted by Crippen LogP contribution is 2.28. The Morgan fingerprint density at radius 2 is 2.13 bits per heavy atom. The molecule has 1 aromatic carbocycles. The number of aromatic nitrogens is 1. The topological polar surface area (TPSA) is 74.3 Å². The predicted molar refractivity (Wildman–Crippen MR) is 88.5 cm³/mol. The number of para-hydroxylation sites is 1. The van der Waals surface area contributed by atoms with E-state index >= 15 is 0 Å². The van der Waals surface area contributed by atoms with Gasteiger partial charge >= 0.3 is 0 Å². The zero-order valence-electron chi connectivity index (χ0n) is 14.0. The monoisotopic (exact) mass is 314 g/mol. The van der Waals surface area contributed by atoms with Crippen LogP contribution in [0.4, 0.5) is 5.88 Å². The van der Waals surface area contributed by atoms with Crippen LogP contribution in [-0.4, -0.2) is 37.6 Å². The van der Waals surface area contributed by atoms with Crippen LogP contribution in [0.3, 0.4) is 0 Å². The second kappa shape index (κ2) is 7.65. The summed E-state index contributed by atoms with van der Waals surface area (Å²) in [6, 6.07) is 10.0. The maximum atomic E-state index is 9.16. The first-order valence-electron chi connectivity index (χ1n) is 7.53. The highest BCUT2D eigenvalue weighted by Gasteiger charge is 2.20. The van der Waals surface area contributed by atoms with Gasteiger partial charge in [0, 0.05) is 18.5 Å². The van der Waals surface area contributed by atoms with Gasteiger partial charge in [-0.2, -0.15) is 5.26 Å². The van der Waals surface area contributed by atoms with Crippen LogP contribution in [0.15, 0.2) is 28.7 Å². The second-order valence-corrected chi connectivity index (χ2v) is 5.35. The standard InChI is InChI=1S/C17H22N4O2/c1-5-16-20-13(10-18)17(23-16)19-11-14(21(2)3)12-8-6-7-9-15(12)22-4/h6-9,14,19H,5,11H2,1-4H3/t14-/m0/s1. The number of ether oxygens (including phenoxy) is 1. The van der Waals surface area contributed by atoms with E-state index in [-0.39, 0.29) is 6.04 Å². The molecule has 0 saturated carbocycles. The van der Waals surface area contributed by atoms with Gasteiger partial charge in [0.25, 0.3) is 0 Å². The van der Waals surface area contributed by atoms with Crippen molar-refractivity contribution in [3.63, 3.8) is 0 Å². The second-order valence-electron chi connectivity index (χ2n) is 5.35. The van der Waals surface area contributed by atoms with E-state index in [1.54, 1.807) is 7.11 Å². The molecule has 1 N–H and O–H groups in total. The van der Waals surface area contributed by atoms with Crippen LogP contribution < -0.4 is 10.1 Å². The van der Waals surface area contributed by atoms with E-state index < -0.39 is 0 Å². The van der Waals surface area contributed by atoms with Crippen LogP contribution in [0.1, 0.15) is 30.1 Å². The van der Waals surface area contributed by atoms with Crippen molar-refractivity contribution >= 4 is 5.88 Å². The van der Waals surface area contributed by atoms with E-state index in [0.29, 0.717) is 30.4 Å². The maximum absolute atomic E-state index is 9.16.